The fourth-order valence-corrected chi connectivity index (χ4v) is 1.26. The summed E-state index contributed by atoms with van der Waals surface area (Å²) in [6.45, 7) is 8.32. The van der Waals surface area contributed by atoms with Crippen molar-refractivity contribution in [1.29, 1.82) is 0 Å². The summed E-state index contributed by atoms with van der Waals surface area (Å²) in [5, 5.41) is 0. The molecule has 0 fully saturated rings. The lowest BCUT2D eigenvalue weighted by atomic mass is 9.97. The predicted molar refractivity (Wildman–Crippen MR) is 57.6 cm³/mol. The summed E-state index contributed by atoms with van der Waals surface area (Å²) in [7, 11) is 0. The molecular weight excluding hydrogens is 164 g/mol. The van der Waals surface area contributed by atoms with E-state index in [1.165, 1.54) is 11.1 Å². The van der Waals surface area contributed by atoms with E-state index in [9.17, 15) is 0 Å². The van der Waals surface area contributed by atoms with E-state index in [2.05, 4.69) is 39.1 Å². The van der Waals surface area contributed by atoms with Crippen molar-refractivity contribution < 1.29 is 0 Å². The average molecular weight is 178 g/mol. The minimum Gasteiger partial charge on any atom is -0.143 e. The molecule has 0 aliphatic rings. The van der Waals surface area contributed by atoms with Gasteiger partial charge in [-0.15, -0.1) is 12.6 Å². The second-order valence-corrected chi connectivity index (χ2v) is 3.75. The molecule has 0 N–H and O–H groups in total. The molecule has 0 amide bonds. The molecule has 12 heavy (non-hydrogen) atoms. The van der Waals surface area contributed by atoms with E-state index in [0.29, 0.717) is 5.92 Å². The molecule has 0 aromatic heterocycles. The average Bonchev–Trinajstić information content (AvgIpc) is 2.03. The van der Waals surface area contributed by atoms with Crippen LogP contribution in [-0.4, -0.2) is 0 Å². The SMILES string of the molecule is C=C(c1cccc(S)c1)C(C)C. The van der Waals surface area contributed by atoms with Crippen molar-refractivity contribution in [2.75, 3.05) is 0 Å². The van der Waals surface area contributed by atoms with Gasteiger partial charge in [0.05, 0.1) is 0 Å². The first-order valence-corrected chi connectivity index (χ1v) is 4.54. The van der Waals surface area contributed by atoms with Crippen LogP contribution in [-0.2, 0) is 0 Å². The molecular formula is C11H14S. The Balaban J connectivity index is 2.96. The van der Waals surface area contributed by atoms with Crippen LogP contribution < -0.4 is 0 Å². The highest BCUT2D eigenvalue weighted by molar-refractivity contribution is 7.80. The molecule has 0 heterocycles. The Hall–Kier alpha value is -0.690. The van der Waals surface area contributed by atoms with Crippen molar-refractivity contribution in [3.8, 4) is 0 Å². The van der Waals surface area contributed by atoms with Crippen LogP contribution in [0.3, 0.4) is 0 Å². The summed E-state index contributed by atoms with van der Waals surface area (Å²) in [4.78, 5) is 0.995. The van der Waals surface area contributed by atoms with Gasteiger partial charge >= 0.3 is 0 Å². The second-order valence-electron chi connectivity index (χ2n) is 3.23. The first kappa shape index (κ1) is 9.40. The van der Waals surface area contributed by atoms with E-state index < -0.39 is 0 Å². The van der Waals surface area contributed by atoms with Crippen LogP contribution in [0, 0.1) is 5.92 Å². The van der Waals surface area contributed by atoms with Crippen LogP contribution in [0.5, 0.6) is 0 Å². The molecule has 0 unspecified atom stereocenters. The number of benzene rings is 1. The minimum absolute atomic E-state index is 0.500. The van der Waals surface area contributed by atoms with Crippen LogP contribution in [0.15, 0.2) is 35.7 Å². The van der Waals surface area contributed by atoms with Crippen LogP contribution in [0.4, 0.5) is 0 Å². The van der Waals surface area contributed by atoms with Crippen LogP contribution in [0.1, 0.15) is 19.4 Å². The molecule has 0 atom stereocenters. The van der Waals surface area contributed by atoms with E-state index in [0.717, 1.165) is 4.90 Å². The maximum atomic E-state index is 4.28. The molecule has 0 bridgehead atoms. The zero-order valence-corrected chi connectivity index (χ0v) is 8.44. The van der Waals surface area contributed by atoms with E-state index in [1.54, 1.807) is 0 Å². The Morgan fingerprint density at radius 3 is 2.58 bits per heavy atom. The van der Waals surface area contributed by atoms with E-state index in [-0.39, 0.29) is 0 Å². The number of hydrogen-bond acceptors (Lipinski definition) is 1. The number of allylic oxidation sites excluding steroid dienone is 1. The minimum atomic E-state index is 0.500. The summed E-state index contributed by atoms with van der Waals surface area (Å²) in [5.74, 6) is 0.500. The quantitative estimate of drug-likeness (QED) is 0.657. The summed E-state index contributed by atoms with van der Waals surface area (Å²) in [6.07, 6.45) is 0. The van der Waals surface area contributed by atoms with Gasteiger partial charge in [-0.2, -0.15) is 0 Å². The van der Waals surface area contributed by atoms with Crippen molar-refractivity contribution in [1.82, 2.24) is 0 Å². The zero-order valence-electron chi connectivity index (χ0n) is 7.54. The normalized spacial score (nSPS) is 10.3. The summed E-state index contributed by atoms with van der Waals surface area (Å²) in [5.41, 5.74) is 2.36. The van der Waals surface area contributed by atoms with E-state index in [1.807, 2.05) is 18.2 Å². The molecule has 0 saturated heterocycles. The van der Waals surface area contributed by atoms with Gasteiger partial charge < -0.3 is 0 Å². The van der Waals surface area contributed by atoms with Crippen molar-refractivity contribution in [2.24, 2.45) is 5.92 Å². The highest BCUT2D eigenvalue weighted by Crippen LogP contribution is 2.22. The summed E-state index contributed by atoms with van der Waals surface area (Å²) >= 11 is 4.28. The Labute approximate surface area is 79.7 Å². The van der Waals surface area contributed by atoms with Gasteiger partial charge in [-0.25, -0.2) is 0 Å². The molecule has 0 radical (unpaired) electrons. The second kappa shape index (κ2) is 3.81. The van der Waals surface area contributed by atoms with Gasteiger partial charge in [-0.05, 0) is 29.2 Å². The van der Waals surface area contributed by atoms with Gasteiger partial charge in [0.2, 0.25) is 0 Å². The van der Waals surface area contributed by atoms with Crippen molar-refractivity contribution in [3.63, 3.8) is 0 Å². The van der Waals surface area contributed by atoms with Gasteiger partial charge in [-0.3, -0.25) is 0 Å². The van der Waals surface area contributed by atoms with Gasteiger partial charge in [0, 0.05) is 4.90 Å². The van der Waals surface area contributed by atoms with Crippen molar-refractivity contribution in [3.05, 3.63) is 36.4 Å². The predicted octanol–water partition coefficient (Wildman–Crippen LogP) is 3.64. The smallest absolute Gasteiger partial charge is 0.00460 e. The highest BCUT2D eigenvalue weighted by Gasteiger charge is 2.02. The Bertz CT molecular complexity index is 287. The maximum Gasteiger partial charge on any atom is 0.00460 e. The van der Waals surface area contributed by atoms with Crippen LogP contribution >= 0.6 is 12.6 Å². The number of rotatable bonds is 2. The molecule has 0 nitrogen and oxygen atoms in total. The Kier molecular flexibility index (Phi) is 2.99. The lowest BCUT2D eigenvalue weighted by Crippen LogP contribution is -1.91. The third-order valence-corrected chi connectivity index (χ3v) is 2.19. The standard InChI is InChI=1S/C11H14S/c1-8(2)9(3)10-5-4-6-11(12)7-10/h4-8,12H,3H2,1-2H3. The molecule has 1 heteroatoms. The lowest BCUT2D eigenvalue weighted by molar-refractivity contribution is 0.857. The maximum absolute atomic E-state index is 4.28. The number of thiol groups is 1. The number of hydrogen-bond donors (Lipinski definition) is 1. The van der Waals surface area contributed by atoms with Crippen LogP contribution in [0.2, 0.25) is 0 Å². The van der Waals surface area contributed by atoms with Gasteiger partial charge in [0.1, 0.15) is 0 Å². The fraction of sp³-hybridized carbons (Fsp3) is 0.273. The lowest BCUT2D eigenvalue weighted by Gasteiger charge is -2.09. The van der Waals surface area contributed by atoms with Gasteiger partial charge in [-0.1, -0.05) is 32.6 Å². The molecule has 0 aliphatic heterocycles. The van der Waals surface area contributed by atoms with E-state index >= 15 is 0 Å². The molecule has 64 valence electrons. The monoisotopic (exact) mass is 178 g/mol. The Morgan fingerprint density at radius 2 is 2.08 bits per heavy atom. The highest BCUT2D eigenvalue weighted by atomic mass is 32.1. The van der Waals surface area contributed by atoms with Gasteiger partial charge in [0.25, 0.3) is 0 Å². The first-order chi connectivity index (χ1) is 5.61. The van der Waals surface area contributed by atoms with Crippen LogP contribution in [0.25, 0.3) is 5.57 Å². The summed E-state index contributed by atoms with van der Waals surface area (Å²) in [6, 6.07) is 8.10. The third kappa shape index (κ3) is 2.15. The van der Waals surface area contributed by atoms with Crippen molar-refractivity contribution in [2.45, 2.75) is 18.7 Å². The molecule has 0 spiro atoms. The van der Waals surface area contributed by atoms with E-state index in [4.69, 9.17) is 0 Å². The summed E-state index contributed by atoms with van der Waals surface area (Å²) < 4.78 is 0. The third-order valence-electron chi connectivity index (χ3n) is 1.91. The first-order valence-electron chi connectivity index (χ1n) is 4.09. The molecule has 1 aromatic rings. The fourth-order valence-electron chi connectivity index (χ4n) is 1.04. The molecule has 1 rings (SSSR count). The topological polar surface area (TPSA) is 0 Å². The Morgan fingerprint density at radius 1 is 1.42 bits per heavy atom. The van der Waals surface area contributed by atoms with Crippen molar-refractivity contribution >= 4 is 18.2 Å². The van der Waals surface area contributed by atoms with Gasteiger partial charge in [0.15, 0.2) is 0 Å². The molecule has 1 aromatic carbocycles. The zero-order chi connectivity index (χ0) is 9.14. The molecule has 0 aliphatic carbocycles. The molecule has 0 saturated carbocycles. The largest absolute Gasteiger partial charge is 0.143 e.